The van der Waals surface area contributed by atoms with Crippen LogP contribution in [0.3, 0.4) is 0 Å². The number of hydrogen-bond donors (Lipinski definition) is 1. The van der Waals surface area contributed by atoms with Crippen LogP contribution < -0.4 is 4.74 Å². The lowest BCUT2D eigenvalue weighted by molar-refractivity contribution is 0.150. The highest BCUT2D eigenvalue weighted by Gasteiger charge is 2.40. The molecule has 1 N–H and O–H groups in total. The first-order chi connectivity index (χ1) is 8.63. The molecule has 1 aromatic carbocycles. The fourth-order valence-electron chi connectivity index (χ4n) is 2.38. The van der Waals surface area contributed by atoms with E-state index in [1.54, 1.807) is 0 Å². The standard InChI is InChI=1S/C15H19ClO2/c16-13-6-12(9-15(17)4-5-15)7-14(8-13)18-10-11-2-1-3-11/h6-8,11,17H,1-5,9-10H2. The SMILES string of the molecule is OC1(Cc2cc(Cl)cc(OCC3CCC3)c2)CC1. The molecule has 2 fully saturated rings. The summed E-state index contributed by atoms with van der Waals surface area (Å²) in [7, 11) is 0. The monoisotopic (exact) mass is 266 g/mol. The lowest BCUT2D eigenvalue weighted by Crippen LogP contribution is -2.19. The summed E-state index contributed by atoms with van der Waals surface area (Å²) in [6, 6.07) is 5.80. The van der Waals surface area contributed by atoms with E-state index in [1.165, 1.54) is 19.3 Å². The van der Waals surface area contributed by atoms with E-state index in [0.717, 1.165) is 36.7 Å². The van der Waals surface area contributed by atoms with E-state index in [2.05, 4.69) is 0 Å². The van der Waals surface area contributed by atoms with E-state index >= 15 is 0 Å². The van der Waals surface area contributed by atoms with Crippen molar-refractivity contribution in [2.24, 2.45) is 5.92 Å². The molecule has 2 aliphatic rings. The van der Waals surface area contributed by atoms with Crippen LogP contribution in [0.1, 0.15) is 37.7 Å². The third-order valence-electron chi connectivity index (χ3n) is 4.00. The van der Waals surface area contributed by atoms with Gasteiger partial charge in [-0.1, -0.05) is 18.0 Å². The van der Waals surface area contributed by atoms with Crippen LogP contribution >= 0.6 is 11.6 Å². The second kappa shape index (κ2) is 4.75. The highest BCUT2D eigenvalue weighted by molar-refractivity contribution is 6.30. The van der Waals surface area contributed by atoms with Crippen LogP contribution in [0.15, 0.2) is 18.2 Å². The van der Waals surface area contributed by atoms with Gasteiger partial charge in [-0.2, -0.15) is 0 Å². The van der Waals surface area contributed by atoms with Crippen molar-refractivity contribution in [2.45, 2.75) is 44.1 Å². The molecular formula is C15H19ClO2. The van der Waals surface area contributed by atoms with Gasteiger partial charge in [-0.3, -0.25) is 0 Å². The number of halogens is 1. The van der Waals surface area contributed by atoms with Crippen molar-refractivity contribution in [1.29, 1.82) is 0 Å². The molecule has 0 atom stereocenters. The molecule has 2 nitrogen and oxygen atoms in total. The molecule has 0 radical (unpaired) electrons. The van der Waals surface area contributed by atoms with Crippen LogP contribution in [0, 0.1) is 5.92 Å². The largest absolute Gasteiger partial charge is 0.493 e. The number of hydrogen-bond acceptors (Lipinski definition) is 2. The number of aliphatic hydroxyl groups is 1. The summed E-state index contributed by atoms with van der Waals surface area (Å²) in [6.45, 7) is 0.796. The Labute approximate surface area is 113 Å². The summed E-state index contributed by atoms with van der Waals surface area (Å²) in [6.07, 6.45) is 6.39. The molecule has 3 heteroatoms. The molecule has 3 rings (SSSR count). The lowest BCUT2D eigenvalue weighted by Gasteiger charge is -2.25. The Morgan fingerprint density at radius 2 is 2.06 bits per heavy atom. The molecule has 2 aliphatic carbocycles. The summed E-state index contributed by atoms with van der Waals surface area (Å²) in [5.74, 6) is 1.56. The average Bonchev–Trinajstić information content (AvgIpc) is 2.92. The Kier molecular flexibility index (Phi) is 3.25. The van der Waals surface area contributed by atoms with E-state index in [-0.39, 0.29) is 0 Å². The first kappa shape index (κ1) is 12.3. The fourth-order valence-corrected chi connectivity index (χ4v) is 2.63. The molecule has 2 saturated carbocycles. The van der Waals surface area contributed by atoms with Crippen LogP contribution in [0.2, 0.25) is 5.02 Å². The predicted octanol–water partition coefficient (Wildman–Crippen LogP) is 3.59. The smallest absolute Gasteiger partial charge is 0.121 e. The fraction of sp³-hybridized carbons (Fsp3) is 0.600. The summed E-state index contributed by atoms with van der Waals surface area (Å²) >= 11 is 6.10. The van der Waals surface area contributed by atoms with Gasteiger partial charge in [0.05, 0.1) is 12.2 Å². The zero-order valence-electron chi connectivity index (χ0n) is 10.5. The summed E-state index contributed by atoms with van der Waals surface area (Å²) in [5.41, 5.74) is 0.599. The summed E-state index contributed by atoms with van der Waals surface area (Å²) in [5, 5.41) is 10.6. The van der Waals surface area contributed by atoms with Crippen LogP contribution in [-0.2, 0) is 6.42 Å². The molecule has 0 heterocycles. The minimum atomic E-state index is -0.476. The van der Waals surface area contributed by atoms with Gasteiger partial charge in [0.25, 0.3) is 0 Å². The number of ether oxygens (including phenoxy) is 1. The quantitative estimate of drug-likeness (QED) is 0.883. The summed E-state index contributed by atoms with van der Waals surface area (Å²) < 4.78 is 5.80. The second-order valence-electron chi connectivity index (χ2n) is 5.80. The van der Waals surface area contributed by atoms with Gasteiger partial charge in [-0.05, 0) is 55.4 Å². The van der Waals surface area contributed by atoms with Crippen LogP contribution in [0.4, 0.5) is 0 Å². The van der Waals surface area contributed by atoms with E-state index in [1.807, 2.05) is 18.2 Å². The van der Waals surface area contributed by atoms with Crippen LogP contribution in [0.25, 0.3) is 0 Å². The van der Waals surface area contributed by atoms with Gasteiger partial charge < -0.3 is 9.84 Å². The van der Waals surface area contributed by atoms with E-state index in [9.17, 15) is 5.11 Å². The molecular weight excluding hydrogens is 248 g/mol. The van der Waals surface area contributed by atoms with Gasteiger partial charge in [0, 0.05) is 11.4 Å². The van der Waals surface area contributed by atoms with Gasteiger partial charge in [0.2, 0.25) is 0 Å². The molecule has 18 heavy (non-hydrogen) atoms. The van der Waals surface area contributed by atoms with Gasteiger partial charge in [0.1, 0.15) is 5.75 Å². The number of benzene rings is 1. The molecule has 0 aromatic heterocycles. The third-order valence-corrected chi connectivity index (χ3v) is 4.22. The van der Waals surface area contributed by atoms with Gasteiger partial charge >= 0.3 is 0 Å². The Hall–Kier alpha value is -0.730. The number of rotatable bonds is 5. The zero-order chi connectivity index (χ0) is 12.6. The molecule has 0 unspecified atom stereocenters. The van der Waals surface area contributed by atoms with E-state index in [4.69, 9.17) is 16.3 Å². The van der Waals surface area contributed by atoms with Crippen molar-refractivity contribution in [3.05, 3.63) is 28.8 Å². The summed E-state index contributed by atoms with van der Waals surface area (Å²) in [4.78, 5) is 0. The van der Waals surface area contributed by atoms with Crippen molar-refractivity contribution >= 4 is 11.6 Å². The molecule has 0 spiro atoms. The molecule has 1 aromatic rings. The Bertz CT molecular complexity index is 436. The maximum atomic E-state index is 9.95. The van der Waals surface area contributed by atoms with Crippen LogP contribution in [-0.4, -0.2) is 17.3 Å². The van der Waals surface area contributed by atoms with Crippen molar-refractivity contribution < 1.29 is 9.84 Å². The highest BCUT2D eigenvalue weighted by atomic mass is 35.5. The van der Waals surface area contributed by atoms with Gasteiger partial charge in [-0.25, -0.2) is 0 Å². The van der Waals surface area contributed by atoms with Crippen molar-refractivity contribution in [3.8, 4) is 5.75 Å². The minimum Gasteiger partial charge on any atom is -0.493 e. The minimum absolute atomic E-state index is 0.476. The Morgan fingerprint density at radius 1 is 1.28 bits per heavy atom. The first-order valence-electron chi connectivity index (χ1n) is 6.78. The molecule has 0 aliphatic heterocycles. The van der Waals surface area contributed by atoms with Crippen molar-refractivity contribution in [3.63, 3.8) is 0 Å². The molecule has 0 bridgehead atoms. The average molecular weight is 267 g/mol. The van der Waals surface area contributed by atoms with E-state index < -0.39 is 5.60 Å². The molecule has 0 amide bonds. The topological polar surface area (TPSA) is 29.5 Å². The maximum Gasteiger partial charge on any atom is 0.121 e. The maximum absolute atomic E-state index is 9.95. The van der Waals surface area contributed by atoms with Crippen molar-refractivity contribution in [2.75, 3.05) is 6.61 Å². The first-order valence-corrected chi connectivity index (χ1v) is 7.15. The van der Waals surface area contributed by atoms with Crippen LogP contribution in [0.5, 0.6) is 5.75 Å². The highest BCUT2D eigenvalue weighted by Crippen LogP contribution is 2.39. The lowest BCUT2D eigenvalue weighted by atomic mass is 9.86. The Morgan fingerprint density at radius 3 is 2.67 bits per heavy atom. The van der Waals surface area contributed by atoms with Gasteiger partial charge in [0.15, 0.2) is 0 Å². The zero-order valence-corrected chi connectivity index (χ0v) is 11.2. The van der Waals surface area contributed by atoms with Gasteiger partial charge in [-0.15, -0.1) is 0 Å². The Balaban J connectivity index is 1.64. The molecule has 98 valence electrons. The normalized spacial score (nSPS) is 21.4. The predicted molar refractivity (Wildman–Crippen MR) is 72.2 cm³/mol. The molecule has 0 saturated heterocycles. The van der Waals surface area contributed by atoms with Crippen molar-refractivity contribution in [1.82, 2.24) is 0 Å². The third kappa shape index (κ3) is 2.99. The second-order valence-corrected chi connectivity index (χ2v) is 6.24. The van der Waals surface area contributed by atoms with E-state index in [0.29, 0.717) is 11.4 Å².